The number of nitrogens with zero attached hydrogens (tertiary/aromatic N) is 2. The molecule has 0 fully saturated rings. The molecule has 140 valence electrons. The third kappa shape index (κ3) is 8.20. The molecule has 0 aliphatic carbocycles. The summed E-state index contributed by atoms with van der Waals surface area (Å²) in [6.07, 6.45) is 2.59. The summed E-state index contributed by atoms with van der Waals surface area (Å²) in [5, 5.41) is 13.3. The number of carbonyl (C=O) groups is 2. The maximum atomic E-state index is 11.8. The Kier molecular flexibility index (Phi) is 9.51. The fraction of sp³-hybridized carbons (Fsp3) is 0.412. The van der Waals surface area contributed by atoms with Gasteiger partial charge in [-0.3, -0.25) is 10.1 Å². The zero-order chi connectivity index (χ0) is 18.6. The molecule has 2 rings (SSSR count). The second kappa shape index (κ2) is 11.9. The van der Waals surface area contributed by atoms with Crippen molar-refractivity contribution in [2.45, 2.75) is 41.4 Å². The van der Waals surface area contributed by atoms with Crippen LogP contribution in [0.1, 0.15) is 31.7 Å². The van der Waals surface area contributed by atoms with Crippen molar-refractivity contribution in [1.29, 1.82) is 0 Å². The lowest BCUT2D eigenvalue weighted by Gasteiger charge is -2.06. The van der Waals surface area contributed by atoms with Crippen LogP contribution in [0.25, 0.3) is 0 Å². The Bertz CT molecular complexity index is 694. The van der Waals surface area contributed by atoms with Crippen molar-refractivity contribution in [2.75, 3.05) is 11.5 Å². The monoisotopic (exact) mass is 410 g/mol. The van der Waals surface area contributed by atoms with E-state index in [0.717, 1.165) is 20.0 Å². The average molecular weight is 411 g/mol. The van der Waals surface area contributed by atoms with Gasteiger partial charge in [0.2, 0.25) is 5.91 Å². The van der Waals surface area contributed by atoms with E-state index in [1.165, 1.54) is 24.6 Å². The third-order valence-corrected chi connectivity index (χ3v) is 6.49. The van der Waals surface area contributed by atoms with E-state index in [-0.39, 0.29) is 12.3 Å². The summed E-state index contributed by atoms with van der Waals surface area (Å²) in [6.45, 7) is 2.55. The van der Waals surface area contributed by atoms with Gasteiger partial charge in [-0.05, 0) is 12.0 Å². The molecule has 1 aromatic heterocycles. The number of hydrogen-bond donors (Lipinski definition) is 2. The van der Waals surface area contributed by atoms with Gasteiger partial charge in [0.1, 0.15) is 0 Å². The first-order valence-electron chi connectivity index (χ1n) is 8.38. The summed E-state index contributed by atoms with van der Waals surface area (Å²) in [4.78, 5) is 23.5. The Hall–Kier alpha value is -1.58. The van der Waals surface area contributed by atoms with Crippen LogP contribution < -0.4 is 10.6 Å². The van der Waals surface area contributed by atoms with Gasteiger partial charge in [0.05, 0.1) is 0 Å². The average Bonchev–Trinajstić information content (AvgIpc) is 3.09. The molecule has 0 spiro atoms. The van der Waals surface area contributed by atoms with Crippen molar-refractivity contribution < 1.29 is 9.59 Å². The zero-order valence-electron chi connectivity index (χ0n) is 14.6. The Morgan fingerprint density at radius 2 is 1.77 bits per heavy atom. The molecular weight excluding hydrogens is 388 g/mol. The van der Waals surface area contributed by atoms with Crippen LogP contribution in [0.15, 0.2) is 39.0 Å². The van der Waals surface area contributed by atoms with Crippen LogP contribution in [0.3, 0.4) is 0 Å². The molecule has 2 aromatic rings. The van der Waals surface area contributed by atoms with Gasteiger partial charge in [0, 0.05) is 24.5 Å². The van der Waals surface area contributed by atoms with E-state index in [1.54, 1.807) is 23.1 Å². The molecule has 6 nitrogen and oxygen atoms in total. The number of unbranched alkanes of at least 4 members (excludes halogenated alkanes) is 1. The van der Waals surface area contributed by atoms with Crippen LogP contribution in [0.4, 0.5) is 4.79 Å². The highest BCUT2D eigenvalue weighted by atomic mass is 32.2. The summed E-state index contributed by atoms with van der Waals surface area (Å²) >= 11 is 4.75. The van der Waals surface area contributed by atoms with E-state index in [9.17, 15) is 9.59 Å². The van der Waals surface area contributed by atoms with Crippen LogP contribution in [-0.2, 0) is 11.3 Å². The quantitative estimate of drug-likeness (QED) is 0.456. The van der Waals surface area contributed by atoms with E-state index in [2.05, 4.69) is 27.8 Å². The normalized spacial score (nSPS) is 10.5. The first-order valence-corrected chi connectivity index (χ1v) is 11.2. The fourth-order valence-corrected chi connectivity index (χ4v) is 5.04. The molecule has 1 aromatic carbocycles. The first-order chi connectivity index (χ1) is 12.7. The Morgan fingerprint density at radius 1 is 1.08 bits per heavy atom. The van der Waals surface area contributed by atoms with Crippen molar-refractivity contribution in [2.24, 2.45) is 0 Å². The van der Waals surface area contributed by atoms with Gasteiger partial charge in [-0.2, -0.15) is 0 Å². The Labute approximate surface area is 165 Å². The highest BCUT2D eigenvalue weighted by molar-refractivity contribution is 8.03. The fourth-order valence-electron chi connectivity index (χ4n) is 1.86. The van der Waals surface area contributed by atoms with Crippen LogP contribution in [0.5, 0.6) is 0 Å². The number of thioether (sulfide) groups is 2. The summed E-state index contributed by atoms with van der Waals surface area (Å²) in [5.74, 6) is 1.31. The van der Waals surface area contributed by atoms with Crippen molar-refractivity contribution in [3.05, 3.63) is 35.9 Å². The van der Waals surface area contributed by atoms with Gasteiger partial charge in [-0.25, -0.2) is 4.79 Å². The van der Waals surface area contributed by atoms with Crippen molar-refractivity contribution >= 4 is 46.8 Å². The highest BCUT2D eigenvalue weighted by Crippen LogP contribution is 2.29. The minimum absolute atomic E-state index is 0.251. The summed E-state index contributed by atoms with van der Waals surface area (Å²) in [6, 6.07) is 9.06. The lowest BCUT2D eigenvalue weighted by Crippen LogP contribution is -2.39. The predicted octanol–water partition coefficient (Wildman–Crippen LogP) is 3.94. The number of carbonyl (C=O) groups excluding carboxylic acids is 2. The molecule has 0 saturated carbocycles. The van der Waals surface area contributed by atoms with Crippen LogP contribution in [0.2, 0.25) is 0 Å². The van der Waals surface area contributed by atoms with Gasteiger partial charge in [0.25, 0.3) is 0 Å². The molecule has 0 aliphatic heterocycles. The molecule has 3 amide bonds. The van der Waals surface area contributed by atoms with E-state index < -0.39 is 6.03 Å². The third-order valence-electron chi connectivity index (χ3n) is 3.21. The molecule has 26 heavy (non-hydrogen) atoms. The van der Waals surface area contributed by atoms with Gasteiger partial charge in [0.15, 0.2) is 8.68 Å². The van der Waals surface area contributed by atoms with E-state index in [4.69, 9.17) is 0 Å². The number of nitrogens with one attached hydrogen (secondary N) is 2. The van der Waals surface area contributed by atoms with Crippen LogP contribution >= 0.6 is 34.9 Å². The van der Waals surface area contributed by atoms with Crippen molar-refractivity contribution in [1.82, 2.24) is 20.8 Å². The Morgan fingerprint density at radius 3 is 2.46 bits per heavy atom. The van der Waals surface area contributed by atoms with E-state index in [1.807, 2.05) is 30.3 Å². The van der Waals surface area contributed by atoms with Crippen LogP contribution in [-0.4, -0.2) is 33.6 Å². The van der Waals surface area contributed by atoms with E-state index >= 15 is 0 Å². The minimum Gasteiger partial charge on any atom is -0.334 e. The van der Waals surface area contributed by atoms with Gasteiger partial charge in [-0.1, -0.05) is 78.5 Å². The maximum absolute atomic E-state index is 11.8. The molecule has 9 heteroatoms. The van der Waals surface area contributed by atoms with Gasteiger partial charge >= 0.3 is 6.03 Å². The zero-order valence-corrected chi connectivity index (χ0v) is 17.0. The van der Waals surface area contributed by atoms with Crippen molar-refractivity contribution in [3.63, 3.8) is 0 Å². The van der Waals surface area contributed by atoms with Crippen LogP contribution in [0, 0.1) is 0 Å². The molecule has 2 N–H and O–H groups in total. The number of imide groups is 1. The molecule has 0 radical (unpaired) electrons. The number of benzene rings is 1. The van der Waals surface area contributed by atoms with E-state index in [0.29, 0.717) is 12.3 Å². The van der Waals surface area contributed by atoms with Crippen molar-refractivity contribution in [3.8, 4) is 0 Å². The maximum Gasteiger partial charge on any atom is 0.321 e. The molecule has 0 saturated heterocycles. The SMILES string of the molecule is CCCCSc1nnc(SCCC(=O)NC(=O)NCc2ccccc2)s1. The number of urea groups is 1. The molecule has 0 bridgehead atoms. The smallest absolute Gasteiger partial charge is 0.321 e. The molecule has 1 heterocycles. The topological polar surface area (TPSA) is 84.0 Å². The largest absolute Gasteiger partial charge is 0.334 e. The second-order valence-electron chi connectivity index (χ2n) is 5.35. The summed E-state index contributed by atoms with van der Waals surface area (Å²) in [7, 11) is 0. The molecule has 0 unspecified atom stereocenters. The molecule has 0 atom stereocenters. The molecular formula is C17H22N4O2S3. The summed E-state index contributed by atoms with van der Waals surface area (Å²) < 4.78 is 1.82. The van der Waals surface area contributed by atoms with Gasteiger partial charge in [-0.15, -0.1) is 10.2 Å². The first kappa shape index (κ1) is 20.7. The number of aromatic nitrogens is 2. The minimum atomic E-state index is -0.477. The lowest BCUT2D eigenvalue weighted by atomic mass is 10.2. The second-order valence-corrected chi connectivity index (χ2v) is 9.01. The highest BCUT2D eigenvalue weighted by Gasteiger charge is 2.09. The molecule has 0 aliphatic rings. The number of rotatable bonds is 10. The Balaban J connectivity index is 1.60. The van der Waals surface area contributed by atoms with Gasteiger partial charge < -0.3 is 5.32 Å². The predicted molar refractivity (Wildman–Crippen MR) is 108 cm³/mol. The number of hydrogen-bond acceptors (Lipinski definition) is 7. The standard InChI is InChI=1S/C17H22N4O2S3/c1-2-3-10-24-16-20-21-17(26-16)25-11-9-14(22)19-15(23)18-12-13-7-5-4-6-8-13/h4-8H,2-3,9-12H2,1H3,(H2,18,19,22,23). The number of amides is 3. The summed E-state index contributed by atoms with van der Waals surface area (Å²) in [5.41, 5.74) is 0.981. The lowest BCUT2D eigenvalue weighted by molar-refractivity contribution is -0.119.